The van der Waals surface area contributed by atoms with Crippen molar-refractivity contribution in [2.24, 2.45) is 5.73 Å². The van der Waals surface area contributed by atoms with Crippen LogP contribution in [0.1, 0.15) is 41.1 Å². The summed E-state index contributed by atoms with van der Waals surface area (Å²) in [6.45, 7) is 0.497. The third-order valence-corrected chi connectivity index (χ3v) is 8.16. The SMILES string of the molecule is NCc1cccc(-c2cccc([C@H]3O[C@@H](CSc4nnnn4-c4ccccc4)C[C@@H](c4ccc(CO)cc4)O3)c2)c1. The van der Waals surface area contributed by atoms with Gasteiger partial charge in [0.05, 0.1) is 24.5 Å². The number of benzene rings is 4. The minimum atomic E-state index is -0.556. The van der Waals surface area contributed by atoms with E-state index in [1.165, 1.54) is 0 Å². The van der Waals surface area contributed by atoms with Gasteiger partial charge >= 0.3 is 0 Å². The van der Waals surface area contributed by atoms with E-state index in [0.29, 0.717) is 23.9 Å². The van der Waals surface area contributed by atoms with Gasteiger partial charge in [0.25, 0.3) is 0 Å². The van der Waals surface area contributed by atoms with Crippen molar-refractivity contribution in [2.45, 2.75) is 43.2 Å². The van der Waals surface area contributed by atoms with Crippen LogP contribution in [-0.2, 0) is 22.6 Å². The van der Waals surface area contributed by atoms with E-state index in [4.69, 9.17) is 15.2 Å². The Bertz CT molecular complexity index is 1580. The highest BCUT2D eigenvalue weighted by Crippen LogP contribution is 2.40. The Morgan fingerprint density at radius 2 is 1.61 bits per heavy atom. The second kappa shape index (κ2) is 12.8. The maximum atomic E-state index is 9.51. The van der Waals surface area contributed by atoms with Crippen LogP contribution in [0.5, 0.6) is 0 Å². The predicted molar refractivity (Wildman–Crippen MR) is 158 cm³/mol. The van der Waals surface area contributed by atoms with E-state index in [2.05, 4.69) is 39.8 Å². The Labute approximate surface area is 243 Å². The highest BCUT2D eigenvalue weighted by atomic mass is 32.2. The van der Waals surface area contributed by atoms with Gasteiger partial charge in [-0.3, -0.25) is 0 Å². The van der Waals surface area contributed by atoms with Crippen LogP contribution in [0.3, 0.4) is 0 Å². The molecule has 8 nitrogen and oxygen atoms in total. The van der Waals surface area contributed by atoms with Gasteiger partial charge in [0.15, 0.2) is 6.29 Å². The van der Waals surface area contributed by atoms with Gasteiger partial charge in [-0.2, -0.15) is 4.68 Å². The number of thioether (sulfide) groups is 1. The average Bonchev–Trinajstić information content (AvgIpc) is 3.53. The Kier molecular flexibility index (Phi) is 8.50. The van der Waals surface area contributed by atoms with Crippen molar-refractivity contribution < 1.29 is 14.6 Å². The van der Waals surface area contributed by atoms with Crippen LogP contribution in [-0.4, -0.2) is 37.2 Å². The minimum Gasteiger partial charge on any atom is -0.392 e. The third kappa shape index (κ3) is 6.40. The zero-order valence-electron chi connectivity index (χ0n) is 22.4. The van der Waals surface area contributed by atoms with E-state index >= 15 is 0 Å². The van der Waals surface area contributed by atoms with Crippen molar-refractivity contribution in [3.63, 3.8) is 0 Å². The molecule has 0 radical (unpaired) electrons. The van der Waals surface area contributed by atoms with Crippen molar-refractivity contribution in [1.82, 2.24) is 20.2 Å². The average molecular weight is 566 g/mol. The van der Waals surface area contributed by atoms with Crippen molar-refractivity contribution in [3.05, 3.63) is 125 Å². The summed E-state index contributed by atoms with van der Waals surface area (Å²) in [7, 11) is 0. The lowest BCUT2D eigenvalue weighted by molar-refractivity contribution is -0.245. The molecule has 1 aliphatic heterocycles. The van der Waals surface area contributed by atoms with Crippen molar-refractivity contribution >= 4 is 11.8 Å². The molecular weight excluding hydrogens is 534 g/mol. The Balaban J connectivity index is 1.26. The van der Waals surface area contributed by atoms with Gasteiger partial charge in [-0.1, -0.05) is 90.6 Å². The zero-order valence-corrected chi connectivity index (χ0v) is 23.2. The van der Waals surface area contributed by atoms with Gasteiger partial charge < -0.3 is 20.3 Å². The number of nitrogens with zero attached hydrogens (tertiary/aromatic N) is 4. The topological polar surface area (TPSA) is 108 Å². The quantitative estimate of drug-likeness (QED) is 0.222. The molecule has 3 atom stereocenters. The lowest BCUT2D eigenvalue weighted by atomic mass is 9.99. The van der Waals surface area contributed by atoms with Crippen molar-refractivity contribution in [2.75, 3.05) is 5.75 Å². The summed E-state index contributed by atoms with van der Waals surface area (Å²) in [4.78, 5) is 0. The van der Waals surface area contributed by atoms with Gasteiger partial charge in [-0.15, -0.1) is 5.10 Å². The van der Waals surface area contributed by atoms with E-state index in [0.717, 1.165) is 39.1 Å². The molecule has 0 spiro atoms. The highest BCUT2D eigenvalue weighted by Gasteiger charge is 2.33. The van der Waals surface area contributed by atoms with Crippen molar-refractivity contribution in [3.8, 4) is 16.8 Å². The summed E-state index contributed by atoms with van der Waals surface area (Å²) < 4.78 is 14.9. The number of para-hydroxylation sites is 1. The molecule has 1 aromatic heterocycles. The Morgan fingerprint density at radius 3 is 2.39 bits per heavy atom. The summed E-state index contributed by atoms with van der Waals surface area (Å²) in [6.07, 6.45) is -0.180. The number of rotatable bonds is 9. The number of hydrogen-bond acceptors (Lipinski definition) is 8. The first-order chi connectivity index (χ1) is 20.2. The smallest absolute Gasteiger partial charge is 0.214 e. The lowest BCUT2D eigenvalue weighted by Gasteiger charge is -2.36. The number of tetrazole rings is 1. The number of nitrogens with two attached hydrogens (primary N) is 1. The number of ether oxygens (including phenoxy) is 2. The third-order valence-electron chi connectivity index (χ3n) is 7.11. The lowest BCUT2D eigenvalue weighted by Crippen LogP contribution is -2.31. The Hall–Kier alpha value is -3.86. The first-order valence-corrected chi connectivity index (χ1v) is 14.6. The molecule has 5 aromatic rings. The second-order valence-electron chi connectivity index (χ2n) is 9.90. The molecule has 0 amide bonds. The molecular formula is C32H31N5O3S. The molecule has 41 heavy (non-hydrogen) atoms. The molecule has 9 heteroatoms. The fourth-order valence-corrected chi connectivity index (χ4v) is 5.84. The molecule has 0 saturated carbocycles. The molecule has 0 aliphatic carbocycles. The van der Waals surface area contributed by atoms with Crippen molar-refractivity contribution in [1.29, 1.82) is 0 Å². The maximum absolute atomic E-state index is 9.51. The largest absolute Gasteiger partial charge is 0.392 e. The van der Waals surface area contributed by atoms with E-state index in [1.54, 1.807) is 16.4 Å². The molecule has 1 fully saturated rings. The number of hydrogen-bond donors (Lipinski definition) is 2. The van der Waals surface area contributed by atoms with Crippen LogP contribution in [0.25, 0.3) is 16.8 Å². The van der Waals surface area contributed by atoms with Crippen LogP contribution < -0.4 is 5.73 Å². The highest BCUT2D eigenvalue weighted by molar-refractivity contribution is 7.99. The van der Waals surface area contributed by atoms with Gasteiger partial charge in [-0.25, -0.2) is 0 Å². The van der Waals surface area contributed by atoms with Crippen LogP contribution in [0.15, 0.2) is 108 Å². The number of aliphatic hydroxyl groups is 1. The van der Waals surface area contributed by atoms with Gasteiger partial charge in [0, 0.05) is 24.3 Å². The first-order valence-electron chi connectivity index (χ1n) is 13.6. The van der Waals surface area contributed by atoms with Crippen LogP contribution in [0.2, 0.25) is 0 Å². The fraction of sp³-hybridized carbons (Fsp3) is 0.219. The standard InChI is InChI=1S/C32H31N5O3S/c33-19-23-6-4-7-25(16-23)26-8-5-9-27(17-26)31-39-29(18-30(40-31)24-14-12-22(20-38)13-15-24)21-41-32-34-35-36-37(32)28-10-2-1-3-11-28/h1-17,29-31,38H,18-21,33H2/t29-,30+,31+/m1/s1. The fourth-order valence-electron chi connectivity index (χ4n) is 4.93. The molecule has 1 aliphatic rings. The van der Waals surface area contributed by atoms with Crippen LogP contribution in [0, 0.1) is 0 Å². The van der Waals surface area contributed by atoms with E-state index < -0.39 is 6.29 Å². The number of aliphatic hydroxyl groups excluding tert-OH is 1. The molecule has 4 aromatic carbocycles. The number of aromatic nitrogens is 4. The van der Waals surface area contributed by atoms with Gasteiger partial charge in [-0.05, 0) is 62.5 Å². The normalized spacial score (nSPS) is 18.8. The van der Waals surface area contributed by atoms with E-state index in [9.17, 15) is 5.11 Å². The summed E-state index contributed by atoms with van der Waals surface area (Å²) in [5.41, 5.74) is 12.9. The minimum absolute atomic E-state index is 0.00505. The maximum Gasteiger partial charge on any atom is 0.214 e. The second-order valence-corrected chi connectivity index (χ2v) is 10.9. The predicted octanol–water partition coefficient (Wildman–Crippen LogP) is 5.62. The molecule has 0 unspecified atom stereocenters. The van der Waals surface area contributed by atoms with Gasteiger partial charge in [0.2, 0.25) is 5.16 Å². The molecule has 2 heterocycles. The monoisotopic (exact) mass is 565 g/mol. The van der Waals surface area contributed by atoms with Crippen LogP contribution in [0.4, 0.5) is 0 Å². The molecule has 1 saturated heterocycles. The molecule has 6 rings (SSSR count). The zero-order chi connectivity index (χ0) is 28.0. The van der Waals surface area contributed by atoms with Crippen LogP contribution >= 0.6 is 11.8 Å². The Morgan fingerprint density at radius 1 is 0.829 bits per heavy atom. The van der Waals surface area contributed by atoms with E-state index in [1.807, 2.05) is 78.9 Å². The van der Waals surface area contributed by atoms with E-state index in [-0.39, 0.29) is 18.8 Å². The summed E-state index contributed by atoms with van der Waals surface area (Å²) in [5, 5.41) is 22.6. The summed E-state index contributed by atoms with van der Waals surface area (Å²) >= 11 is 1.56. The first kappa shape index (κ1) is 27.3. The molecule has 0 bridgehead atoms. The van der Waals surface area contributed by atoms with Gasteiger partial charge in [0.1, 0.15) is 0 Å². The summed E-state index contributed by atoms with van der Waals surface area (Å²) in [6, 6.07) is 34.3. The molecule has 3 N–H and O–H groups in total. The summed E-state index contributed by atoms with van der Waals surface area (Å²) in [5.74, 6) is 0.649. The molecule has 208 valence electrons.